The molecule has 3 nitrogen and oxygen atoms in total. The number of ether oxygens (including phenoxy) is 1. The first-order valence-corrected chi connectivity index (χ1v) is 20.9. The maximum atomic E-state index is 8.96. The quantitative estimate of drug-likeness (QED) is 0.155. The van der Waals surface area contributed by atoms with Crippen LogP contribution in [0.3, 0.4) is 0 Å². The second-order valence-electron chi connectivity index (χ2n) is 16.8. The molecule has 0 radical (unpaired) electrons. The first-order valence-electron chi connectivity index (χ1n) is 18.9. The number of hydrogen-bond acceptors (Lipinski definition) is 3. The minimum Gasteiger partial charge on any atom is -0.348 e. The van der Waals surface area contributed by atoms with Crippen LogP contribution in [0.25, 0.3) is 12.2 Å². The highest BCUT2D eigenvalue weighted by Gasteiger charge is 2.67. The van der Waals surface area contributed by atoms with Gasteiger partial charge in [0.25, 0.3) is 0 Å². The van der Waals surface area contributed by atoms with E-state index in [1.54, 1.807) is 0 Å². The van der Waals surface area contributed by atoms with Crippen molar-refractivity contribution in [2.24, 2.45) is 21.7 Å². The Hall–Kier alpha value is -4.43. The van der Waals surface area contributed by atoms with Crippen LogP contribution in [-0.2, 0) is 15.9 Å². The van der Waals surface area contributed by atoms with Gasteiger partial charge < -0.3 is 4.74 Å². The van der Waals surface area contributed by atoms with Crippen LogP contribution in [0.5, 0.6) is 0 Å². The monoisotopic (exact) mass is 732 g/mol. The summed E-state index contributed by atoms with van der Waals surface area (Å²) in [5.74, 6) is 0. The number of pyridine rings is 2. The third-order valence-corrected chi connectivity index (χ3v) is 13.7. The topological polar surface area (TPSA) is 35.0 Å². The SMILES string of the molecule is C=Cc1ccc(C(OC(c2ccccc2)(c2ccc(C=C)nc2[SiH3])C2(C(C)(C)C)C=CC=CC2)(c2ccccc2)C2(C(C)(C)C)C=CC=CC2)c([SiH3])n1. The number of benzene rings is 2. The molecular formula is C48H56N2OSi2. The van der Waals surface area contributed by atoms with Crippen LogP contribution in [0.4, 0.5) is 0 Å². The highest BCUT2D eigenvalue weighted by Crippen LogP contribution is 2.68. The number of rotatable bonds is 10. The molecule has 0 saturated carbocycles. The second-order valence-corrected chi connectivity index (χ2v) is 18.7. The molecule has 0 aliphatic heterocycles. The summed E-state index contributed by atoms with van der Waals surface area (Å²) in [5, 5.41) is 2.10. The summed E-state index contributed by atoms with van der Waals surface area (Å²) in [4.78, 5) is 10.5. The summed E-state index contributed by atoms with van der Waals surface area (Å²) in [6, 6.07) is 30.8. The molecule has 0 spiro atoms. The van der Waals surface area contributed by atoms with Crippen LogP contribution in [0, 0.1) is 21.7 Å². The molecule has 2 heterocycles. The van der Waals surface area contributed by atoms with E-state index >= 15 is 0 Å². The van der Waals surface area contributed by atoms with E-state index in [0.717, 1.165) is 57.1 Å². The number of nitrogens with zero attached hydrogens (tertiary/aromatic N) is 2. The van der Waals surface area contributed by atoms with Gasteiger partial charge in [0.15, 0.2) is 0 Å². The van der Waals surface area contributed by atoms with Crippen molar-refractivity contribution in [3.05, 3.63) is 180 Å². The average molecular weight is 733 g/mol. The molecule has 2 aromatic heterocycles. The highest BCUT2D eigenvalue weighted by molar-refractivity contribution is 6.32. The average Bonchev–Trinajstić information content (AvgIpc) is 3.16. The second kappa shape index (κ2) is 14.4. The van der Waals surface area contributed by atoms with Crippen LogP contribution >= 0.6 is 0 Å². The summed E-state index contributed by atoms with van der Waals surface area (Å²) < 4.78 is 8.96. The lowest BCUT2D eigenvalue weighted by molar-refractivity contribution is -0.246. The van der Waals surface area contributed by atoms with E-state index in [-0.39, 0.29) is 10.8 Å². The first kappa shape index (κ1) is 38.3. The molecule has 5 heteroatoms. The smallest absolute Gasteiger partial charge is 0.131 e. The van der Waals surface area contributed by atoms with Gasteiger partial charge in [-0.2, -0.15) is 0 Å². The summed E-state index contributed by atoms with van der Waals surface area (Å²) in [6.45, 7) is 22.5. The molecule has 0 bridgehead atoms. The Kier molecular flexibility index (Phi) is 10.4. The molecule has 272 valence electrons. The minimum atomic E-state index is -1.05. The van der Waals surface area contributed by atoms with Gasteiger partial charge in [-0.15, -0.1) is 0 Å². The standard InChI is InChI=1S/C48H56N2OSi2/c1-9-37-27-29-39(41(52)49-37)47(35-23-15-11-16-24-35,45(43(3,4)5)31-19-13-20-32-45)51-48(36-25-17-12-18-26-36,40-30-28-38(10-2)50-42(40)53)46(44(6,7)8)33-21-14-22-34-46/h9-31,33H,1-2,32,34H2,3-8,52-53H3. The number of aromatic nitrogens is 2. The molecule has 2 aliphatic rings. The Labute approximate surface area is 324 Å². The Bertz CT molecular complexity index is 1950. The molecule has 2 aromatic carbocycles. The van der Waals surface area contributed by atoms with E-state index in [4.69, 9.17) is 14.7 Å². The van der Waals surface area contributed by atoms with Gasteiger partial charge in [-0.05, 0) is 59.1 Å². The van der Waals surface area contributed by atoms with Crippen LogP contribution in [0.2, 0.25) is 0 Å². The van der Waals surface area contributed by atoms with E-state index in [1.165, 1.54) is 0 Å². The van der Waals surface area contributed by atoms with Gasteiger partial charge in [0.1, 0.15) is 11.2 Å². The normalized spacial score (nSPS) is 22.3. The predicted molar refractivity (Wildman–Crippen MR) is 233 cm³/mol. The van der Waals surface area contributed by atoms with Gasteiger partial charge in [0.2, 0.25) is 0 Å². The van der Waals surface area contributed by atoms with Gasteiger partial charge in [-0.25, -0.2) is 0 Å². The van der Waals surface area contributed by atoms with E-state index < -0.39 is 22.0 Å². The van der Waals surface area contributed by atoms with Gasteiger partial charge in [-0.3, -0.25) is 9.97 Å². The van der Waals surface area contributed by atoms with Crippen LogP contribution in [0.15, 0.2) is 147 Å². The lowest BCUT2D eigenvalue weighted by atomic mass is 9.49. The van der Waals surface area contributed by atoms with Gasteiger partial charge in [0.05, 0.1) is 31.9 Å². The van der Waals surface area contributed by atoms with E-state index in [9.17, 15) is 0 Å². The molecule has 4 aromatic rings. The highest BCUT2D eigenvalue weighted by atomic mass is 28.1. The largest absolute Gasteiger partial charge is 0.348 e. The third-order valence-electron chi connectivity index (χ3n) is 12.1. The van der Waals surface area contributed by atoms with E-state index in [0.29, 0.717) is 20.5 Å². The van der Waals surface area contributed by atoms with Crippen molar-refractivity contribution in [2.45, 2.75) is 65.6 Å². The van der Waals surface area contributed by atoms with Crippen LogP contribution in [0.1, 0.15) is 88.0 Å². The van der Waals surface area contributed by atoms with Crippen molar-refractivity contribution < 1.29 is 4.74 Å². The van der Waals surface area contributed by atoms with Crippen LogP contribution in [-0.4, -0.2) is 30.5 Å². The minimum absolute atomic E-state index is 0.288. The zero-order valence-corrected chi connectivity index (χ0v) is 37.0. The molecule has 4 atom stereocenters. The molecule has 2 aliphatic carbocycles. The zero-order chi connectivity index (χ0) is 38.1. The molecule has 6 rings (SSSR count). The maximum Gasteiger partial charge on any atom is 0.131 e. The summed E-state index contributed by atoms with van der Waals surface area (Å²) >= 11 is 0. The van der Waals surface area contributed by atoms with Crippen molar-refractivity contribution in [1.82, 2.24) is 9.97 Å². The van der Waals surface area contributed by atoms with Gasteiger partial charge in [-0.1, -0.05) is 176 Å². The van der Waals surface area contributed by atoms with Crippen molar-refractivity contribution in [3.8, 4) is 0 Å². The Morgan fingerprint density at radius 2 is 0.943 bits per heavy atom. The predicted octanol–water partition coefficient (Wildman–Crippen LogP) is 8.05. The van der Waals surface area contributed by atoms with Crippen molar-refractivity contribution >= 4 is 43.3 Å². The summed E-state index contributed by atoms with van der Waals surface area (Å²) in [7, 11) is 1.41. The maximum absolute atomic E-state index is 8.96. The Morgan fingerprint density at radius 1 is 0.566 bits per heavy atom. The molecule has 0 N–H and O–H groups in total. The lowest BCUT2D eigenvalue weighted by Gasteiger charge is -2.64. The summed E-state index contributed by atoms with van der Waals surface area (Å²) in [5.41, 5.74) is 2.33. The molecule has 4 unspecified atom stereocenters. The summed E-state index contributed by atoms with van der Waals surface area (Å²) in [6.07, 6.45) is 23.6. The van der Waals surface area contributed by atoms with E-state index in [2.05, 4.69) is 188 Å². The third kappa shape index (κ3) is 6.07. The fraction of sp³-hybridized carbons (Fsp3) is 0.292. The van der Waals surface area contributed by atoms with Gasteiger partial charge in [0, 0.05) is 32.6 Å². The number of allylic oxidation sites excluding steroid dienone is 6. The van der Waals surface area contributed by atoms with Crippen LogP contribution < -0.4 is 10.6 Å². The van der Waals surface area contributed by atoms with Gasteiger partial charge >= 0.3 is 0 Å². The molecule has 53 heavy (non-hydrogen) atoms. The first-order chi connectivity index (χ1) is 25.2. The van der Waals surface area contributed by atoms with E-state index in [1.807, 2.05) is 12.2 Å². The van der Waals surface area contributed by atoms with Crippen molar-refractivity contribution in [2.75, 3.05) is 0 Å². The molecule has 0 amide bonds. The fourth-order valence-corrected chi connectivity index (χ4v) is 10.9. The van der Waals surface area contributed by atoms with Crippen molar-refractivity contribution in [3.63, 3.8) is 0 Å². The Balaban J connectivity index is 1.94. The Morgan fingerprint density at radius 3 is 1.23 bits per heavy atom. The fourth-order valence-electron chi connectivity index (χ4n) is 9.36. The zero-order valence-electron chi connectivity index (χ0n) is 33.0. The molecule has 0 saturated heterocycles. The molecular weight excluding hydrogens is 677 g/mol. The van der Waals surface area contributed by atoms with Crippen molar-refractivity contribution in [1.29, 1.82) is 0 Å². The molecule has 0 fully saturated rings. The lowest BCUT2D eigenvalue weighted by Crippen LogP contribution is -2.65. The number of hydrogen-bond donors (Lipinski definition) is 0.